The van der Waals surface area contributed by atoms with E-state index in [1.54, 1.807) is 30.3 Å². The van der Waals surface area contributed by atoms with Crippen molar-refractivity contribution in [2.45, 2.75) is 6.42 Å². The van der Waals surface area contributed by atoms with Gasteiger partial charge >= 0.3 is 0 Å². The quantitative estimate of drug-likeness (QED) is 0.807. The Labute approximate surface area is 145 Å². The third kappa shape index (κ3) is 4.49. The lowest BCUT2D eigenvalue weighted by molar-refractivity contribution is -0.121. The third-order valence-corrected chi connectivity index (χ3v) is 4.06. The van der Waals surface area contributed by atoms with Crippen LogP contribution < -0.4 is 15.8 Å². The van der Waals surface area contributed by atoms with Crippen molar-refractivity contribution in [1.82, 2.24) is 5.32 Å². The van der Waals surface area contributed by atoms with E-state index in [-0.39, 0.29) is 12.5 Å². The van der Waals surface area contributed by atoms with E-state index in [0.717, 1.165) is 5.56 Å². The molecule has 0 spiro atoms. The van der Waals surface area contributed by atoms with Crippen molar-refractivity contribution in [2.75, 3.05) is 13.7 Å². The first kappa shape index (κ1) is 17.8. The van der Waals surface area contributed by atoms with Gasteiger partial charge in [0.25, 0.3) is 5.91 Å². The van der Waals surface area contributed by atoms with Crippen LogP contribution in [-0.2, 0) is 11.2 Å². The predicted octanol–water partition coefficient (Wildman–Crippen LogP) is 2.42. The molecule has 2 aromatic carbocycles. The summed E-state index contributed by atoms with van der Waals surface area (Å²) in [5, 5.41) is 3.30. The Morgan fingerprint density at radius 1 is 1.17 bits per heavy atom. The van der Waals surface area contributed by atoms with Crippen LogP contribution in [0.2, 0.25) is 5.02 Å². The van der Waals surface area contributed by atoms with Crippen LogP contribution in [0, 0.1) is 5.92 Å². The summed E-state index contributed by atoms with van der Waals surface area (Å²) in [5.74, 6) is -0.895. The zero-order valence-corrected chi connectivity index (χ0v) is 14.0. The van der Waals surface area contributed by atoms with Crippen molar-refractivity contribution < 1.29 is 14.3 Å². The van der Waals surface area contributed by atoms with Crippen molar-refractivity contribution in [3.63, 3.8) is 0 Å². The molecule has 0 aromatic heterocycles. The molecule has 2 amide bonds. The normalized spacial score (nSPS) is 11.6. The summed E-state index contributed by atoms with van der Waals surface area (Å²) < 4.78 is 5.16. The number of hydrogen-bond donors (Lipinski definition) is 2. The molecular formula is C18H19ClN2O3. The molecule has 2 rings (SSSR count). The molecule has 0 heterocycles. The van der Waals surface area contributed by atoms with Crippen molar-refractivity contribution >= 4 is 23.4 Å². The maximum Gasteiger partial charge on any atom is 0.255 e. The van der Waals surface area contributed by atoms with Crippen molar-refractivity contribution in [1.29, 1.82) is 0 Å². The van der Waals surface area contributed by atoms with Gasteiger partial charge in [0.05, 0.1) is 18.6 Å². The second kappa shape index (κ2) is 8.36. The van der Waals surface area contributed by atoms with Gasteiger partial charge in [0.1, 0.15) is 5.75 Å². The van der Waals surface area contributed by atoms with Crippen molar-refractivity contribution in [3.8, 4) is 5.75 Å². The van der Waals surface area contributed by atoms with Gasteiger partial charge in [-0.25, -0.2) is 0 Å². The van der Waals surface area contributed by atoms with E-state index in [1.165, 1.54) is 7.11 Å². The monoisotopic (exact) mass is 346 g/mol. The molecule has 0 saturated carbocycles. The highest BCUT2D eigenvalue weighted by molar-refractivity contribution is 6.31. The van der Waals surface area contributed by atoms with Gasteiger partial charge in [-0.05, 0) is 30.2 Å². The van der Waals surface area contributed by atoms with E-state index < -0.39 is 11.8 Å². The molecule has 0 fully saturated rings. The van der Waals surface area contributed by atoms with Crippen LogP contribution in [-0.4, -0.2) is 25.5 Å². The van der Waals surface area contributed by atoms with Crippen molar-refractivity contribution in [2.24, 2.45) is 11.7 Å². The second-order valence-corrected chi connectivity index (χ2v) is 5.71. The summed E-state index contributed by atoms with van der Waals surface area (Å²) in [4.78, 5) is 24.0. The highest BCUT2D eigenvalue weighted by Gasteiger charge is 2.19. The molecule has 0 saturated heterocycles. The number of nitrogens with two attached hydrogens (primary N) is 1. The van der Waals surface area contributed by atoms with Crippen LogP contribution in [0.25, 0.3) is 0 Å². The number of hydrogen-bond acceptors (Lipinski definition) is 3. The first-order valence-corrected chi connectivity index (χ1v) is 7.84. The molecule has 0 aliphatic carbocycles. The van der Waals surface area contributed by atoms with E-state index in [9.17, 15) is 9.59 Å². The minimum atomic E-state index is -0.552. The van der Waals surface area contributed by atoms with E-state index in [0.29, 0.717) is 22.8 Å². The van der Waals surface area contributed by atoms with Crippen LogP contribution in [0.1, 0.15) is 15.9 Å². The lowest BCUT2D eigenvalue weighted by Gasteiger charge is -2.16. The van der Waals surface area contributed by atoms with Gasteiger partial charge in [-0.3, -0.25) is 9.59 Å². The summed E-state index contributed by atoms with van der Waals surface area (Å²) in [7, 11) is 1.50. The minimum Gasteiger partial charge on any atom is -0.496 e. The first-order chi connectivity index (χ1) is 11.5. The molecular weight excluding hydrogens is 328 g/mol. The number of carbonyl (C=O) groups excluding carboxylic acids is 2. The summed E-state index contributed by atoms with van der Waals surface area (Å²) in [5.41, 5.74) is 6.68. The van der Waals surface area contributed by atoms with E-state index in [2.05, 4.69) is 5.32 Å². The van der Waals surface area contributed by atoms with Gasteiger partial charge in [0.2, 0.25) is 5.91 Å². The van der Waals surface area contributed by atoms with Gasteiger partial charge in [-0.1, -0.05) is 41.9 Å². The maximum atomic E-state index is 12.3. The number of methoxy groups -OCH3 is 1. The molecule has 0 bridgehead atoms. The summed E-state index contributed by atoms with van der Waals surface area (Å²) >= 11 is 6.12. The van der Waals surface area contributed by atoms with Crippen LogP contribution in [0.4, 0.5) is 0 Å². The zero-order chi connectivity index (χ0) is 17.5. The molecule has 0 aliphatic rings. The summed E-state index contributed by atoms with van der Waals surface area (Å²) in [6, 6.07) is 14.1. The average molecular weight is 347 g/mol. The van der Waals surface area contributed by atoms with Crippen LogP contribution in [0.5, 0.6) is 5.75 Å². The molecule has 6 heteroatoms. The number of amides is 2. The molecule has 0 radical (unpaired) electrons. The lowest BCUT2D eigenvalue weighted by atomic mass is 9.98. The fourth-order valence-electron chi connectivity index (χ4n) is 2.35. The highest BCUT2D eigenvalue weighted by Crippen LogP contribution is 2.19. The van der Waals surface area contributed by atoms with Gasteiger partial charge in [0.15, 0.2) is 0 Å². The zero-order valence-electron chi connectivity index (χ0n) is 13.3. The minimum absolute atomic E-state index is 0.122. The SMILES string of the molecule is COc1ccccc1C(=O)NC[C@@H](Cc1ccccc1Cl)C(N)=O. The highest BCUT2D eigenvalue weighted by atomic mass is 35.5. The second-order valence-electron chi connectivity index (χ2n) is 5.31. The average Bonchev–Trinajstić information content (AvgIpc) is 2.59. The number of primary amides is 1. The summed E-state index contributed by atoms with van der Waals surface area (Å²) in [6.45, 7) is 0.122. The van der Waals surface area contributed by atoms with Crippen LogP contribution in [0.15, 0.2) is 48.5 Å². The van der Waals surface area contributed by atoms with Crippen molar-refractivity contribution in [3.05, 3.63) is 64.7 Å². The molecule has 2 aromatic rings. The number of nitrogens with one attached hydrogen (secondary N) is 1. The first-order valence-electron chi connectivity index (χ1n) is 7.47. The fraction of sp³-hybridized carbons (Fsp3) is 0.222. The smallest absolute Gasteiger partial charge is 0.255 e. The number of halogens is 1. The number of carbonyl (C=O) groups is 2. The van der Waals surface area contributed by atoms with Gasteiger partial charge in [0, 0.05) is 11.6 Å². The number of rotatable bonds is 7. The standard InChI is InChI=1S/C18H19ClN2O3/c1-24-16-9-5-3-7-14(16)18(23)21-11-13(17(20)22)10-12-6-2-4-8-15(12)19/h2-9,13H,10-11H2,1H3,(H2,20,22)(H,21,23)/t13-/m1/s1. The largest absolute Gasteiger partial charge is 0.496 e. The number of ether oxygens (including phenoxy) is 1. The molecule has 5 nitrogen and oxygen atoms in total. The molecule has 126 valence electrons. The van der Waals surface area contributed by atoms with E-state index >= 15 is 0 Å². The molecule has 0 aliphatic heterocycles. The Balaban J connectivity index is 2.05. The molecule has 1 atom stereocenters. The van der Waals surface area contributed by atoms with Crippen LogP contribution in [0.3, 0.4) is 0 Å². The van der Waals surface area contributed by atoms with E-state index in [1.807, 2.05) is 18.2 Å². The molecule has 3 N–H and O–H groups in total. The van der Waals surface area contributed by atoms with Gasteiger partial charge < -0.3 is 15.8 Å². The summed E-state index contributed by atoms with van der Waals surface area (Å²) in [6.07, 6.45) is 0.362. The lowest BCUT2D eigenvalue weighted by Crippen LogP contribution is -2.37. The Morgan fingerprint density at radius 3 is 2.50 bits per heavy atom. The Kier molecular flexibility index (Phi) is 6.21. The molecule has 0 unspecified atom stereocenters. The topological polar surface area (TPSA) is 81.4 Å². The molecule has 24 heavy (non-hydrogen) atoms. The maximum absolute atomic E-state index is 12.3. The Bertz CT molecular complexity index is 734. The van der Waals surface area contributed by atoms with Gasteiger partial charge in [-0.15, -0.1) is 0 Å². The number of para-hydroxylation sites is 1. The van der Waals surface area contributed by atoms with Crippen LogP contribution >= 0.6 is 11.6 Å². The Morgan fingerprint density at radius 2 is 1.83 bits per heavy atom. The van der Waals surface area contributed by atoms with Gasteiger partial charge in [-0.2, -0.15) is 0 Å². The number of benzene rings is 2. The fourth-order valence-corrected chi connectivity index (χ4v) is 2.56. The predicted molar refractivity (Wildman–Crippen MR) is 93.2 cm³/mol. The third-order valence-electron chi connectivity index (χ3n) is 3.69. The Hall–Kier alpha value is -2.53. The van der Waals surface area contributed by atoms with E-state index in [4.69, 9.17) is 22.1 Å².